The summed E-state index contributed by atoms with van der Waals surface area (Å²) in [7, 11) is 0. The fourth-order valence-electron chi connectivity index (χ4n) is 1.58. The van der Waals surface area contributed by atoms with Gasteiger partial charge in [-0.2, -0.15) is 0 Å². The number of nitrogens with two attached hydrogens (primary N) is 1. The lowest BCUT2D eigenvalue weighted by Crippen LogP contribution is -2.16. The Hall–Kier alpha value is -1.53. The number of nitrogens with one attached hydrogen (secondary N) is 1. The van der Waals surface area contributed by atoms with Crippen molar-refractivity contribution in [3.63, 3.8) is 0 Å². The largest absolute Gasteiger partial charge is 0.366 e. The minimum atomic E-state index is -0.660. The van der Waals surface area contributed by atoms with E-state index in [1.807, 2.05) is 0 Å². The van der Waals surface area contributed by atoms with Gasteiger partial charge in [-0.3, -0.25) is 9.59 Å². The summed E-state index contributed by atoms with van der Waals surface area (Å²) in [6, 6.07) is 6.05. The van der Waals surface area contributed by atoms with Gasteiger partial charge in [-0.25, -0.2) is 4.98 Å². The SMILES string of the molecule is NC(=O)c1cccc(NC(=O)c2nc(Cl)c(Cl)c(Cl)c2Cl)c1. The number of primary amides is 1. The van der Waals surface area contributed by atoms with Gasteiger partial charge in [-0.05, 0) is 18.2 Å². The van der Waals surface area contributed by atoms with Gasteiger partial charge in [0.1, 0.15) is 10.8 Å². The number of nitrogens with zero attached hydrogens (tertiary/aromatic N) is 1. The topological polar surface area (TPSA) is 85.1 Å². The minimum absolute atomic E-state index is 0.0411. The van der Waals surface area contributed by atoms with Crippen LogP contribution in [0.1, 0.15) is 20.8 Å². The molecule has 0 atom stereocenters. The predicted octanol–water partition coefficient (Wildman–Crippen LogP) is 4.05. The van der Waals surface area contributed by atoms with Crippen LogP contribution >= 0.6 is 46.4 Å². The Morgan fingerprint density at radius 2 is 1.73 bits per heavy atom. The van der Waals surface area contributed by atoms with E-state index in [9.17, 15) is 9.59 Å². The van der Waals surface area contributed by atoms with Gasteiger partial charge < -0.3 is 11.1 Å². The summed E-state index contributed by atoms with van der Waals surface area (Å²) in [5.74, 6) is -1.28. The van der Waals surface area contributed by atoms with Gasteiger partial charge in [0.2, 0.25) is 5.91 Å². The van der Waals surface area contributed by atoms with Crippen LogP contribution in [0, 0.1) is 0 Å². The minimum Gasteiger partial charge on any atom is -0.366 e. The second-order valence-electron chi connectivity index (χ2n) is 4.09. The van der Waals surface area contributed by atoms with E-state index in [4.69, 9.17) is 52.1 Å². The molecule has 1 heterocycles. The summed E-state index contributed by atoms with van der Waals surface area (Å²) in [5, 5.41) is 2.13. The van der Waals surface area contributed by atoms with Crippen molar-refractivity contribution < 1.29 is 9.59 Å². The van der Waals surface area contributed by atoms with Crippen LogP contribution in [-0.2, 0) is 0 Å². The van der Waals surface area contributed by atoms with Crippen LogP contribution in [0.4, 0.5) is 5.69 Å². The van der Waals surface area contributed by atoms with E-state index in [0.29, 0.717) is 5.69 Å². The molecule has 2 aromatic rings. The van der Waals surface area contributed by atoms with E-state index in [1.165, 1.54) is 12.1 Å². The maximum Gasteiger partial charge on any atom is 0.275 e. The van der Waals surface area contributed by atoms with Gasteiger partial charge in [-0.1, -0.05) is 52.5 Å². The Bertz CT molecular complexity index is 780. The monoisotopic (exact) mass is 377 g/mol. The Kier molecular flexibility index (Phi) is 5.13. The fraction of sp³-hybridized carbons (Fsp3) is 0. The van der Waals surface area contributed by atoms with Crippen molar-refractivity contribution in [2.75, 3.05) is 5.32 Å². The van der Waals surface area contributed by atoms with Crippen LogP contribution in [0.3, 0.4) is 0 Å². The first-order valence-electron chi connectivity index (χ1n) is 5.72. The number of anilines is 1. The maximum absolute atomic E-state index is 12.2. The zero-order chi connectivity index (χ0) is 16.4. The Labute approximate surface area is 145 Å². The average Bonchev–Trinajstić information content (AvgIpc) is 2.49. The van der Waals surface area contributed by atoms with Gasteiger partial charge in [0.25, 0.3) is 5.91 Å². The van der Waals surface area contributed by atoms with Crippen LogP contribution in [0.15, 0.2) is 24.3 Å². The summed E-state index contributed by atoms with van der Waals surface area (Å²) in [4.78, 5) is 27.1. The highest BCUT2D eigenvalue weighted by Crippen LogP contribution is 2.36. The van der Waals surface area contributed by atoms with Gasteiger partial charge in [-0.15, -0.1) is 0 Å². The van der Waals surface area contributed by atoms with E-state index in [0.717, 1.165) is 0 Å². The number of aromatic nitrogens is 1. The third-order valence-corrected chi connectivity index (χ3v) is 4.28. The van der Waals surface area contributed by atoms with Crippen LogP contribution < -0.4 is 11.1 Å². The zero-order valence-corrected chi connectivity index (χ0v) is 13.7. The number of pyridine rings is 1. The molecular formula is C13H7Cl4N3O2. The Balaban J connectivity index is 2.34. The number of carbonyl (C=O) groups excluding carboxylic acids is 2. The molecule has 1 aromatic carbocycles. The van der Waals surface area contributed by atoms with Crippen molar-refractivity contribution in [2.24, 2.45) is 5.73 Å². The number of hydrogen-bond acceptors (Lipinski definition) is 3. The summed E-state index contributed by atoms with van der Waals surface area (Å²) in [5.41, 5.74) is 5.56. The lowest BCUT2D eigenvalue weighted by molar-refractivity contribution is 0.0995. The van der Waals surface area contributed by atoms with Gasteiger partial charge in [0, 0.05) is 11.3 Å². The van der Waals surface area contributed by atoms with Crippen LogP contribution in [-0.4, -0.2) is 16.8 Å². The molecule has 0 radical (unpaired) electrons. The van der Waals surface area contributed by atoms with Crippen LogP contribution in [0.2, 0.25) is 20.2 Å². The highest BCUT2D eigenvalue weighted by Gasteiger charge is 2.20. The smallest absolute Gasteiger partial charge is 0.275 e. The molecule has 114 valence electrons. The second-order valence-corrected chi connectivity index (χ2v) is 5.58. The molecular weight excluding hydrogens is 372 g/mol. The first kappa shape index (κ1) is 16.8. The molecule has 0 saturated carbocycles. The number of amides is 2. The number of hydrogen-bond donors (Lipinski definition) is 2. The van der Waals surface area contributed by atoms with Crippen molar-refractivity contribution in [1.29, 1.82) is 0 Å². The number of carbonyl (C=O) groups is 2. The van der Waals surface area contributed by atoms with Gasteiger partial charge >= 0.3 is 0 Å². The standard InChI is InChI=1S/C13H7Cl4N3O2/c14-7-8(15)10(20-11(17)9(7)16)13(22)19-6-3-1-2-5(4-6)12(18)21/h1-4H,(H2,18,21)(H,19,22). The third kappa shape index (κ3) is 3.44. The molecule has 1 aromatic heterocycles. The van der Waals surface area contributed by atoms with Crippen molar-refractivity contribution in [2.45, 2.75) is 0 Å². The Morgan fingerprint density at radius 1 is 1.05 bits per heavy atom. The first-order chi connectivity index (χ1) is 10.3. The van der Waals surface area contributed by atoms with Crippen LogP contribution in [0.25, 0.3) is 0 Å². The van der Waals surface area contributed by atoms with Crippen molar-refractivity contribution in [3.05, 3.63) is 55.7 Å². The van der Waals surface area contributed by atoms with Crippen LogP contribution in [0.5, 0.6) is 0 Å². The molecule has 0 saturated heterocycles. The average molecular weight is 379 g/mol. The van der Waals surface area contributed by atoms with E-state index in [2.05, 4.69) is 10.3 Å². The number of benzene rings is 1. The summed E-state index contributed by atoms with van der Waals surface area (Å²) >= 11 is 23.4. The lowest BCUT2D eigenvalue weighted by atomic mass is 10.2. The molecule has 5 nitrogen and oxygen atoms in total. The van der Waals surface area contributed by atoms with Gasteiger partial charge in [0.05, 0.1) is 15.1 Å². The molecule has 22 heavy (non-hydrogen) atoms. The highest BCUT2D eigenvalue weighted by atomic mass is 35.5. The van der Waals surface area contributed by atoms with E-state index < -0.39 is 11.8 Å². The van der Waals surface area contributed by atoms with Crippen molar-refractivity contribution in [1.82, 2.24) is 4.98 Å². The second kappa shape index (κ2) is 6.71. The number of halogens is 4. The molecule has 0 unspecified atom stereocenters. The van der Waals surface area contributed by atoms with Gasteiger partial charge in [0.15, 0.2) is 0 Å². The molecule has 2 amide bonds. The van der Waals surface area contributed by atoms with E-state index in [-0.39, 0.29) is 31.5 Å². The summed E-state index contributed by atoms with van der Waals surface area (Å²) in [6.45, 7) is 0. The number of rotatable bonds is 3. The maximum atomic E-state index is 12.2. The predicted molar refractivity (Wildman–Crippen MR) is 87.2 cm³/mol. The molecule has 0 aliphatic carbocycles. The fourth-order valence-corrected chi connectivity index (χ4v) is 2.39. The molecule has 9 heteroatoms. The Morgan fingerprint density at radius 3 is 2.36 bits per heavy atom. The van der Waals surface area contributed by atoms with E-state index >= 15 is 0 Å². The lowest BCUT2D eigenvalue weighted by Gasteiger charge is -2.09. The molecule has 0 aliphatic rings. The van der Waals surface area contributed by atoms with Crippen molar-refractivity contribution >= 4 is 63.9 Å². The molecule has 2 rings (SSSR count). The quantitative estimate of drug-likeness (QED) is 0.790. The highest BCUT2D eigenvalue weighted by molar-refractivity contribution is 6.52. The molecule has 0 spiro atoms. The van der Waals surface area contributed by atoms with Crippen molar-refractivity contribution in [3.8, 4) is 0 Å². The molecule has 3 N–H and O–H groups in total. The molecule has 0 fully saturated rings. The van der Waals surface area contributed by atoms with E-state index in [1.54, 1.807) is 12.1 Å². The normalized spacial score (nSPS) is 10.4. The third-order valence-electron chi connectivity index (χ3n) is 2.60. The zero-order valence-electron chi connectivity index (χ0n) is 10.7. The summed E-state index contributed by atoms with van der Waals surface area (Å²) < 4.78 is 0. The summed E-state index contributed by atoms with van der Waals surface area (Å²) in [6.07, 6.45) is 0. The molecule has 0 bridgehead atoms. The first-order valence-corrected chi connectivity index (χ1v) is 7.23. The molecule has 0 aliphatic heterocycles.